The van der Waals surface area contributed by atoms with Crippen LogP contribution in [-0.4, -0.2) is 84.7 Å². The van der Waals surface area contributed by atoms with Gasteiger partial charge in [-0.15, -0.1) is 0 Å². The third kappa shape index (κ3) is 7.09. The molecule has 2 fully saturated rings. The molecule has 0 aliphatic carbocycles. The summed E-state index contributed by atoms with van der Waals surface area (Å²) in [6.45, 7) is 3.31. The largest absolute Gasteiger partial charge is 0.433 e. The zero-order chi connectivity index (χ0) is 26.6. The van der Waals surface area contributed by atoms with E-state index in [9.17, 15) is 23.5 Å². The van der Waals surface area contributed by atoms with Gasteiger partial charge in [-0.25, -0.2) is 0 Å². The summed E-state index contributed by atoms with van der Waals surface area (Å²) in [6.07, 6.45) is -1.12. The summed E-state index contributed by atoms with van der Waals surface area (Å²) >= 11 is 0.881. The molecule has 11 nitrogen and oxygen atoms in total. The molecule has 0 saturated carbocycles. The number of primary amides is 1. The number of hydrogen-bond donors (Lipinski definition) is 4. The lowest BCUT2D eigenvalue weighted by Gasteiger charge is -2.43. The van der Waals surface area contributed by atoms with Gasteiger partial charge in [0.05, 0.1) is 30.9 Å². The lowest BCUT2D eigenvalue weighted by atomic mass is 9.98. The van der Waals surface area contributed by atoms with Crippen molar-refractivity contribution in [2.75, 3.05) is 44.3 Å². The first-order valence-corrected chi connectivity index (χ1v) is 12.6. The molecule has 14 heteroatoms. The van der Waals surface area contributed by atoms with Crippen molar-refractivity contribution in [1.82, 2.24) is 14.9 Å². The first-order valence-electron chi connectivity index (χ1n) is 11.8. The zero-order valence-electron chi connectivity index (χ0n) is 20.3. The fourth-order valence-electron chi connectivity index (χ4n) is 4.65. The molecule has 0 bridgehead atoms. The van der Waals surface area contributed by atoms with Gasteiger partial charge in [0, 0.05) is 57.3 Å². The molecule has 0 aromatic heterocycles. The molecule has 0 radical (unpaired) electrons. The zero-order valence-corrected chi connectivity index (χ0v) is 21.1. The Hall–Kier alpha value is -2.94. The van der Waals surface area contributed by atoms with Gasteiger partial charge in [0.1, 0.15) is 17.3 Å². The van der Waals surface area contributed by atoms with E-state index in [0.29, 0.717) is 45.5 Å². The molecule has 5 N–H and O–H groups in total. The van der Waals surface area contributed by atoms with Gasteiger partial charge >= 0.3 is 6.11 Å². The number of morpholine rings is 1. The average molecular weight is 541 g/mol. The number of nitrogens with two attached hydrogens (primary N) is 1. The number of aliphatic hydroxyl groups excluding tert-OH is 1. The second kappa shape index (κ2) is 11.2. The van der Waals surface area contributed by atoms with Crippen LogP contribution in [0.15, 0.2) is 40.6 Å². The Kier molecular flexibility index (Phi) is 8.21. The van der Waals surface area contributed by atoms with Gasteiger partial charge in [-0.2, -0.15) is 13.2 Å². The molecule has 202 valence electrons. The number of amides is 2. The maximum absolute atomic E-state index is 13.1. The highest BCUT2D eigenvalue weighted by Crippen LogP contribution is 2.34. The average Bonchev–Trinajstić information content (AvgIpc) is 3.25. The number of alkyl halides is 2. The predicted octanol–water partition coefficient (Wildman–Crippen LogP) is 0.761. The number of nitrogens with zero attached hydrogens (tertiary/aromatic N) is 3. The molecule has 1 aromatic carbocycles. The smallest absolute Gasteiger partial charge is 0.394 e. The molecule has 2 unspecified atom stereocenters. The van der Waals surface area contributed by atoms with Crippen LogP contribution in [0.1, 0.15) is 19.8 Å². The topological polar surface area (TPSA) is 142 Å². The van der Waals surface area contributed by atoms with Crippen molar-refractivity contribution in [2.24, 2.45) is 10.1 Å². The Labute approximate surface area is 217 Å². The number of halogens is 2. The predicted molar refractivity (Wildman–Crippen MR) is 134 cm³/mol. The molecular formula is C23H30F2N6O5S. The number of aliphatic hydroxyl groups is 1. The van der Waals surface area contributed by atoms with E-state index in [0.717, 1.165) is 24.2 Å². The number of carbonyl (C=O) groups is 2. The van der Waals surface area contributed by atoms with Gasteiger partial charge < -0.3 is 30.5 Å². The molecule has 3 aliphatic rings. The minimum Gasteiger partial charge on any atom is -0.433 e. The first-order chi connectivity index (χ1) is 17.6. The van der Waals surface area contributed by atoms with Crippen molar-refractivity contribution < 1.29 is 33.0 Å². The van der Waals surface area contributed by atoms with Crippen LogP contribution in [0.5, 0.6) is 5.75 Å². The standard InChI is InChI=1S/C23H30F2N6O5S/c1-22(24,25)36-17-4-2-15(3-5-17)30-7-6-23(13-30)14-31(8-9-35-23)16(12-32)10-20(33)27-19-11-18(21(26)34)28-37-29-19/h2-5,11,16,29,32H,6-10,12-14H2,1H3,(H2,26,34)(H,27,33). The van der Waals surface area contributed by atoms with E-state index in [1.165, 1.54) is 18.2 Å². The van der Waals surface area contributed by atoms with Crippen LogP contribution in [0.25, 0.3) is 0 Å². The van der Waals surface area contributed by atoms with Gasteiger partial charge in [0.2, 0.25) is 5.91 Å². The number of nitrogens with one attached hydrogen (secondary N) is 2. The second-order valence-electron chi connectivity index (χ2n) is 9.26. The minimum absolute atomic E-state index is 0.0316. The van der Waals surface area contributed by atoms with Gasteiger partial charge in [-0.3, -0.25) is 19.2 Å². The van der Waals surface area contributed by atoms with Crippen LogP contribution in [-0.2, 0) is 14.3 Å². The first kappa shape index (κ1) is 27.1. The number of anilines is 1. The summed E-state index contributed by atoms with van der Waals surface area (Å²) in [6, 6.07) is 6.08. The molecule has 2 saturated heterocycles. The van der Waals surface area contributed by atoms with Crippen molar-refractivity contribution in [1.29, 1.82) is 0 Å². The summed E-state index contributed by atoms with van der Waals surface area (Å²) in [5, 5.41) is 12.7. The van der Waals surface area contributed by atoms with E-state index in [4.69, 9.17) is 10.5 Å². The molecule has 1 aromatic rings. The fraction of sp³-hybridized carbons (Fsp3) is 0.522. The summed E-state index contributed by atoms with van der Waals surface area (Å²) in [5.74, 6) is -0.660. The maximum atomic E-state index is 13.1. The van der Waals surface area contributed by atoms with Gasteiger partial charge in [-0.1, -0.05) is 0 Å². The van der Waals surface area contributed by atoms with Gasteiger partial charge in [-0.05, 0) is 30.7 Å². The SMILES string of the molecule is CC(F)(F)Oc1ccc(N2CCC3(C2)CN(C(CO)CC(=O)NC2=CC(C(N)=O)=NSN2)CCO3)cc1. The van der Waals surface area contributed by atoms with E-state index in [-0.39, 0.29) is 30.4 Å². The Morgan fingerprint density at radius 2 is 2.11 bits per heavy atom. The fourth-order valence-corrected chi connectivity index (χ4v) is 5.14. The number of carbonyl (C=O) groups excluding carboxylic acids is 2. The number of hydrogen-bond acceptors (Lipinski definition) is 10. The van der Waals surface area contributed by atoms with Crippen LogP contribution in [0.3, 0.4) is 0 Å². The van der Waals surface area contributed by atoms with Crippen molar-refractivity contribution in [3.63, 3.8) is 0 Å². The van der Waals surface area contributed by atoms with Crippen LogP contribution >= 0.6 is 12.1 Å². The highest BCUT2D eigenvalue weighted by molar-refractivity contribution is 7.96. The van der Waals surface area contributed by atoms with E-state index in [1.54, 1.807) is 12.1 Å². The summed E-state index contributed by atoms with van der Waals surface area (Å²) in [7, 11) is 0. The van der Waals surface area contributed by atoms with Crippen LogP contribution < -0.4 is 25.4 Å². The molecule has 3 heterocycles. The lowest BCUT2D eigenvalue weighted by Crippen LogP contribution is -2.57. The van der Waals surface area contributed by atoms with Gasteiger partial charge in [0.25, 0.3) is 5.91 Å². The Balaban J connectivity index is 1.34. The van der Waals surface area contributed by atoms with Gasteiger partial charge in [0.15, 0.2) is 0 Å². The molecule has 2 atom stereocenters. The number of rotatable bonds is 9. The number of ether oxygens (including phenoxy) is 2. The lowest BCUT2D eigenvalue weighted by molar-refractivity contribution is -0.159. The molecular weight excluding hydrogens is 510 g/mol. The summed E-state index contributed by atoms with van der Waals surface area (Å²) in [5.41, 5.74) is 5.65. The van der Waals surface area contributed by atoms with Crippen molar-refractivity contribution in [3.8, 4) is 5.75 Å². The minimum atomic E-state index is -3.25. The maximum Gasteiger partial charge on any atom is 0.394 e. The van der Waals surface area contributed by atoms with Crippen molar-refractivity contribution in [2.45, 2.75) is 37.5 Å². The van der Waals surface area contributed by atoms with Crippen LogP contribution in [0, 0.1) is 0 Å². The third-order valence-corrected chi connectivity index (χ3v) is 6.95. The van der Waals surface area contributed by atoms with Crippen LogP contribution in [0.2, 0.25) is 0 Å². The Bertz CT molecular complexity index is 1070. The van der Waals surface area contributed by atoms with Crippen molar-refractivity contribution in [3.05, 3.63) is 36.2 Å². The Morgan fingerprint density at radius 3 is 2.78 bits per heavy atom. The molecule has 4 rings (SSSR count). The second-order valence-corrected chi connectivity index (χ2v) is 9.83. The van der Waals surface area contributed by atoms with Crippen molar-refractivity contribution >= 4 is 35.3 Å². The molecule has 3 aliphatic heterocycles. The van der Waals surface area contributed by atoms with E-state index >= 15 is 0 Å². The molecule has 1 spiro atoms. The quantitative estimate of drug-likeness (QED) is 0.334. The van der Waals surface area contributed by atoms with E-state index < -0.39 is 23.7 Å². The van der Waals surface area contributed by atoms with E-state index in [1.807, 2.05) is 0 Å². The number of benzene rings is 1. The monoisotopic (exact) mass is 540 g/mol. The highest BCUT2D eigenvalue weighted by Gasteiger charge is 2.44. The summed E-state index contributed by atoms with van der Waals surface area (Å²) < 4.78 is 43.6. The Morgan fingerprint density at radius 1 is 1.35 bits per heavy atom. The molecule has 37 heavy (non-hydrogen) atoms. The third-order valence-electron chi connectivity index (χ3n) is 6.35. The molecule has 2 amide bonds. The van der Waals surface area contributed by atoms with E-state index in [2.05, 4.69) is 29.0 Å². The normalized spacial score (nSPS) is 23.2. The van der Waals surface area contributed by atoms with Crippen LogP contribution in [0.4, 0.5) is 14.5 Å². The summed E-state index contributed by atoms with van der Waals surface area (Å²) in [4.78, 5) is 28.2. The highest BCUT2D eigenvalue weighted by atomic mass is 32.2.